The van der Waals surface area contributed by atoms with Crippen molar-refractivity contribution in [3.8, 4) is 0 Å². The lowest BCUT2D eigenvalue weighted by Crippen LogP contribution is -2.29. The molecular formula is C20H24N4O3S2. The predicted octanol–water partition coefficient (Wildman–Crippen LogP) is 3.06. The van der Waals surface area contributed by atoms with Gasteiger partial charge in [0.1, 0.15) is 15.8 Å². The Morgan fingerprint density at radius 2 is 2.17 bits per heavy atom. The highest BCUT2D eigenvalue weighted by Gasteiger charge is 2.32. The van der Waals surface area contributed by atoms with E-state index in [1.54, 1.807) is 24.3 Å². The van der Waals surface area contributed by atoms with E-state index in [2.05, 4.69) is 10.3 Å². The maximum absolute atomic E-state index is 13.2. The lowest BCUT2D eigenvalue weighted by Gasteiger charge is -2.13. The number of ether oxygens (including phenoxy) is 1. The fourth-order valence-corrected chi connectivity index (χ4v) is 4.30. The van der Waals surface area contributed by atoms with E-state index in [0.29, 0.717) is 52.4 Å². The number of carbonyl (C=O) groups is 1. The number of nitrogens with one attached hydrogen (secondary N) is 1. The lowest BCUT2D eigenvalue weighted by atomic mass is 10.2. The number of rotatable bonds is 8. The number of nitrogens with zero attached hydrogens (tertiary/aromatic N) is 3. The van der Waals surface area contributed by atoms with Gasteiger partial charge >= 0.3 is 0 Å². The molecule has 1 amide bonds. The molecule has 154 valence electrons. The Morgan fingerprint density at radius 3 is 2.90 bits per heavy atom. The van der Waals surface area contributed by atoms with Crippen molar-refractivity contribution in [2.24, 2.45) is 0 Å². The monoisotopic (exact) mass is 432 g/mol. The number of carbonyl (C=O) groups excluding carboxylic acids is 1. The highest BCUT2D eigenvalue weighted by Crippen LogP contribution is 2.33. The van der Waals surface area contributed by atoms with Gasteiger partial charge in [-0.2, -0.15) is 0 Å². The van der Waals surface area contributed by atoms with Crippen molar-refractivity contribution in [2.45, 2.75) is 26.7 Å². The number of hydrogen-bond acceptors (Lipinski definition) is 7. The summed E-state index contributed by atoms with van der Waals surface area (Å²) < 4.78 is 7.05. The number of pyridine rings is 1. The van der Waals surface area contributed by atoms with Gasteiger partial charge in [-0.15, -0.1) is 0 Å². The van der Waals surface area contributed by atoms with Gasteiger partial charge in [0.05, 0.1) is 10.5 Å². The minimum absolute atomic E-state index is 0.189. The molecule has 0 aromatic carbocycles. The van der Waals surface area contributed by atoms with Crippen molar-refractivity contribution in [1.29, 1.82) is 0 Å². The molecule has 1 fully saturated rings. The molecule has 2 aromatic heterocycles. The summed E-state index contributed by atoms with van der Waals surface area (Å²) >= 11 is 6.57. The Labute approximate surface area is 179 Å². The molecule has 0 unspecified atom stereocenters. The third kappa shape index (κ3) is 4.52. The second kappa shape index (κ2) is 9.51. The molecule has 2 aromatic rings. The van der Waals surface area contributed by atoms with Crippen LogP contribution >= 0.6 is 24.0 Å². The molecule has 3 rings (SSSR count). The Hall–Kier alpha value is -2.23. The highest BCUT2D eigenvalue weighted by atomic mass is 32.2. The average Bonchev–Trinajstić information content (AvgIpc) is 2.97. The number of aromatic nitrogens is 2. The lowest BCUT2D eigenvalue weighted by molar-refractivity contribution is -0.122. The number of aryl methyl sites for hydroxylation is 1. The molecule has 0 bridgehead atoms. The van der Waals surface area contributed by atoms with E-state index >= 15 is 0 Å². The second-order valence-electron chi connectivity index (χ2n) is 6.67. The summed E-state index contributed by atoms with van der Waals surface area (Å²) in [6.45, 7) is 5.67. The molecule has 1 N–H and O–H groups in total. The smallest absolute Gasteiger partial charge is 0.267 e. The first-order valence-corrected chi connectivity index (χ1v) is 10.7. The first kappa shape index (κ1) is 21.5. The summed E-state index contributed by atoms with van der Waals surface area (Å²) in [5.41, 5.74) is 1.64. The molecule has 29 heavy (non-hydrogen) atoms. The van der Waals surface area contributed by atoms with Crippen molar-refractivity contribution < 1.29 is 9.53 Å². The van der Waals surface area contributed by atoms with Crippen LogP contribution < -0.4 is 10.9 Å². The Morgan fingerprint density at radius 1 is 1.38 bits per heavy atom. The number of anilines is 1. The molecule has 0 aliphatic carbocycles. The van der Waals surface area contributed by atoms with E-state index in [4.69, 9.17) is 17.0 Å². The fourth-order valence-electron chi connectivity index (χ4n) is 3.01. The van der Waals surface area contributed by atoms with Crippen molar-refractivity contribution in [1.82, 2.24) is 14.3 Å². The normalized spacial score (nSPS) is 15.7. The van der Waals surface area contributed by atoms with Crippen LogP contribution in [0.5, 0.6) is 0 Å². The van der Waals surface area contributed by atoms with Gasteiger partial charge in [-0.05, 0) is 37.5 Å². The van der Waals surface area contributed by atoms with Crippen LogP contribution in [0.15, 0.2) is 28.0 Å². The summed E-state index contributed by atoms with van der Waals surface area (Å²) in [6.07, 6.45) is 4.88. The topological polar surface area (TPSA) is 75.9 Å². The van der Waals surface area contributed by atoms with Gasteiger partial charge in [0.15, 0.2) is 0 Å². The van der Waals surface area contributed by atoms with Crippen LogP contribution in [-0.2, 0) is 9.53 Å². The molecule has 1 aliphatic heterocycles. The van der Waals surface area contributed by atoms with Crippen LogP contribution in [0.3, 0.4) is 0 Å². The van der Waals surface area contributed by atoms with E-state index in [0.717, 1.165) is 12.0 Å². The summed E-state index contributed by atoms with van der Waals surface area (Å²) in [4.78, 5) is 32.7. The largest absolute Gasteiger partial charge is 0.385 e. The molecule has 0 atom stereocenters. The number of fused-ring (bicyclic) bond motifs is 1. The van der Waals surface area contributed by atoms with E-state index in [9.17, 15) is 9.59 Å². The summed E-state index contributed by atoms with van der Waals surface area (Å²) in [7, 11) is 1.62. The Balaban J connectivity index is 2.04. The number of hydrogen-bond donors (Lipinski definition) is 1. The molecule has 7 nitrogen and oxygen atoms in total. The van der Waals surface area contributed by atoms with Crippen LogP contribution in [-0.4, -0.2) is 51.3 Å². The molecule has 3 heterocycles. The molecule has 1 saturated heterocycles. The van der Waals surface area contributed by atoms with Gasteiger partial charge in [0, 0.05) is 33.0 Å². The van der Waals surface area contributed by atoms with Crippen LogP contribution in [0.2, 0.25) is 0 Å². The molecule has 0 radical (unpaired) electrons. The zero-order valence-electron chi connectivity index (χ0n) is 16.7. The maximum atomic E-state index is 13.2. The summed E-state index contributed by atoms with van der Waals surface area (Å²) in [5.74, 6) is 0.294. The van der Waals surface area contributed by atoms with Crippen LogP contribution in [0.1, 0.15) is 30.9 Å². The van der Waals surface area contributed by atoms with Crippen molar-refractivity contribution >= 4 is 51.7 Å². The van der Waals surface area contributed by atoms with Gasteiger partial charge in [-0.25, -0.2) is 4.98 Å². The van der Waals surface area contributed by atoms with E-state index in [-0.39, 0.29) is 11.5 Å². The SMILES string of the molecule is CCCNc1nc2c(C)cccn2c(=O)c1/C=C1\SC(=S)N(CCCOC)C1=O. The zero-order valence-corrected chi connectivity index (χ0v) is 18.4. The predicted molar refractivity (Wildman–Crippen MR) is 121 cm³/mol. The number of methoxy groups -OCH3 is 1. The standard InChI is InChI=1S/C20H24N4O3S2/c1-4-8-21-16-14(18(25)23-9-5-7-13(2)17(23)22-16)12-15-19(26)24(20(28)29-15)10-6-11-27-3/h5,7,9,12,21H,4,6,8,10-11H2,1-3H3/b15-12-. The van der Waals surface area contributed by atoms with Crippen LogP contribution in [0.4, 0.5) is 5.82 Å². The second-order valence-corrected chi connectivity index (χ2v) is 8.35. The van der Waals surface area contributed by atoms with Gasteiger partial charge in [-0.3, -0.25) is 18.9 Å². The molecule has 9 heteroatoms. The molecular weight excluding hydrogens is 408 g/mol. The molecule has 1 aliphatic rings. The first-order chi connectivity index (χ1) is 14.0. The maximum Gasteiger partial charge on any atom is 0.267 e. The van der Waals surface area contributed by atoms with Crippen LogP contribution in [0, 0.1) is 6.92 Å². The average molecular weight is 433 g/mol. The fraction of sp³-hybridized carbons (Fsp3) is 0.400. The quantitative estimate of drug-likeness (QED) is 0.390. The highest BCUT2D eigenvalue weighted by molar-refractivity contribution is 8.26. The molecule has 0 saturated carbocycles. The number of thiocarbonyl (C=S) groups is 1. The molecule has 0 spiro atoms. The van der Waals surface area contributed by atoms with Gasteiger partial charge < -0.3 is 10.1 Å². The van der Waals surface area contributed by atoms with Crippen molar-refractivity contribution in [2.75, 3.05) is 32.1 Å². The number of amides is 1. The number of thioether (sulfide) groups is 1. The Bertz CT molecular complexity index is 1030. The van der Waals surface area contributed by atoms with Gasteiger partial charge in [0.2, 0.25) is 0 Å². The minimum atomic E-state index is -0.220. The Kier molecular flexibility index (Phi) is 7.05. The summed E-state index contributed by atoms with van der Waals surface area (Å²) in [5, 5.41) is 3.22. The minimum Gasteiger partial charge on any atom is -0.385 e. The van der Waals surface area contributed by atoms with Crippen molar-refractivity contribution in [3.05, 3.63) is 44.7 Å². The summed E-state index contributed by atoms with van der Waals surface area (Å²) in [6, 6.07) is 3.72. The first-order valence-electron chi connectivity index (χ1n) is 9.48. The van der Waals surface area contributed by atoms with Gasteiger partial charge in [0.25, 0.3) is 11.5 Å². The van der Waals surface area contributed by atoms with E-state index < -0.39 is 0 Å². The third-order valence-corrected chi connectivity index (χ3v) is 5.88. The van der Waals surface area contributed by atoms with Gasteiger partial charge in [-0.1, -0.05) is 37.0 Å². The van der Waals surface area contributed by atoms with E-state index in [1.165, 1.54) is 16.2 Å². The zero-order chi connectivity index (χ0) is 21.0. The third-order valence-electron chi connectivity index (χ3n) is 4.51. The van der Waals surface area contributed by atoms with E-state index in [1.807, 2.05) is 26.0 Å². The van der Waals surface area contributed by atoms with Crippen LogP contribution in [0.25, 0.3) is 11.7 Å². The van der Waals surface area contributed by atoms with Crippen molar-refractivity contribution in [3.63, 3.8) is 0 Å².